The predicted molar refractivity (Wildman–Crippen MR) is 66.8 cm³/mol. The highest BCUT2D eigenvalue weighted by atomic mass is 16.5. The van der Waals surface area contributed by atoms with Gasteiger partial charge in [0.2, 0.25) is 0 Å². The van der Waals surface area contributed by atoms with Crippen molar-refractivity contribution in [2.24, 2.45) is 0 Å². The van der Waals surface area contributed by atoms with E-state index in [0.29, 0.717) is 5.92 Å². The van der Waals surface area contributed by atoms with E-state index in [-0.39, 0.29) is 0 Å². The quantitative estimate of drug-likeness (QED) is 0.839. The molecule has 0 aliphatic rings. The van der Waals surface area contributed by atoms with Crippen LogP contribution in [0.1, 0.15) is 25.5 Å². The molecule has 0 unspecified atom stereocenters. The number of hydrogen-bond donors (Lipinski definition) is 1. The van der Waals surface area contributed by atoms with Gasteiger partial charge < -0.3 is 10.5 Å². The van der Waals surface area contributed by atoms with Crippen LogP contribution in [0.25, 0.3) is 10.9 Å². The van der Waals surface area contributed by atoms with Crippen molar-refractivity contribution < 1.29 is 4.74 Å². The number of nitrogens with two attached hydrogens (primary N) is 1. The van der Waals surface area contributed by atoms with Gasteiger partial charge in [0.05, 0.1) is 12.6 Å². The van der Waals surface area contributed by atoms with Crippen molar-refractivity contribution in [1.29, 1.82) is 0 Å². The molecule has 0 atom stereocenters. The Hall–Kier alpha value is -1.77. The maximum absolute atomic E-state index is 6.01. The van der Waals surface area contributed by atoms with Crippen molar-refractivity contribution in [3.8, 4) is 5.75 Å². The average Bonchev–Trinajstić information content (AvgIpc) is 2.28. The maximum Gasteiger partial charge on any atom is 0.121 e. The molecule has 0 fully saturated rings. The van der Waals surface area contributed by atoms with Crippen LogP contribution in [0.3, 0.4) is 0 Å². The highest BCUT2D eigenvalue weighted by Crippen LogP contribution is 2.26. The van der Waals surface area contributed by atoms with E-state index in [1.165, 1.54) is 0 Å². The molecule has 0 amide bonds. The number of rotatable bonds is 2. The molecule has 16 heavy (non-hydrogen) atoms. The molecule has 3 nitrogen and oxygen atoms in total. The first-order valence-corrected chi connectivity index (χ1v) is 5.36. The summed E-state index contributed by atoms with van der Waals surface area (Å²) in [5, 5.41) is 0.977. The smallest absolute Gasteiger partial charge is 0.121 e. The molecule has 0 spiro atoms. The Morgan fingerprint density at radius 2 is 2.00 bits per heavy atom. The zero-order chi connectivity index (χ0) is 11.7. The number of methoxy groups -OCH3 is 1. The van der Waals surface area contributed by atoms with E-state index >= 15 is 0 Å². The summed E-state index contributed by atoms with van der Waals surface area (Å²) >= 11 is 0. The number of hydrogen-bond acceptors (Lipinski definition) is 3. The molecule has 2 aromatic rings. The van der Waals surface area contributed by atoms with Crippen molar-refractivity contribution in [1.82, 2.24) is 4.98 Å². The molecule has 0 bridgehead atoms. The Kier molecular flexibility index (Phi) is 2.69. The van der Waals surface area contributed by atoms with Crippen LogP contribution < -0.4 is 10.5 Å². The number of nitrogens with zero attached hydrogens (tertiary/aromatic N) is 1. The molecule has 0 radical (unpaired) electrons. The lowest BCUT2D eigenvalue weighted by molar-refractivity contribution is 0.415. The Morgan fingerprint density at radius 3 is 2.62 bits per heavy atom. The lowest BCUT2D eigenvalue weighted by atomic mass is 10.1. The summed E-state index contributed by atoms with van der Waals surface area (Å²) in [7, 11) is 1.65. The van der Waals surface area contributed by atoms with Crippen LogP contribution in [0, 0.1) is 0 Å². The fourth-order valence-corrected chi connectivity index (χ4v) is 1.68. The molecule has 84 valence electrons. The van der Waals surface area contributed by atoms with Crippen LogP contribution in [0.5, 0.6) is 5.75 Å². The molecule has 1 aromatic carbocycles. The lowest BCUT2D eigenvalue weighted by Gasteiger charge is -2.09. The third-order valence-corrected chi connectivity index (χ3v) is 2.66. The molecule has 1 heterocycles. The standard InChI is InChI=1S/C13H16N2O/c1-8(2)12-7-11(14)10-5-4-9(16-3)6-13(10)15-12/h4-8H,1-3H3,(H2,14,15). The van der Waals surface area contributed by atoms with E-state index in [2.05, 4.69) is 18.8 Å². The fraction of sp³-hybridized carbons (Fsp3) is 0.308. The molecule has 0 saturated carbocycles. The molecule has 0 saturated heterocycles. The zero-order valence-electron chi connectivity index (χ0n) is 9.82. The van der Waals surface area contributed by atoms with Gasteiger partial charge in [0.1, 0.15) is 5.75 Å². The molecular formula is C13H16N2O. The number of aromatic nitrogens is 1. The topological polar surface area (TPSA) is 48.1 Å². The van der Waals surface area contributed by atoms with Gasteiger partial charge in [0, 0.05) is 22.8 Å². The fourth-order valence-electron chi connectivity index (χ4n) is 1.68. The lowest BCUT2D eigenvalue weighted by Crippen LogP contribution is -1.97. The third-order valence-electron chi connectivity index (χ3n) is 2.66. The summed E-state index contributed by atoms with van der Waals surface area (Å²) < 4.78 is 5.18. The second-order valence-electron chi connectivity index (χ2n) is 4.17. The van der Waals surface area contributed by atoms with Crippen LogP contribution >= 0.6 is 0 Å². The zero-order valence-corrected chi connectivity index (χ0v) is 9.82. The van der Waals surface area contributed by atoms with Crippen molar-refractivity contribution >= 4 is 16.6 Å². The van der Waals surface area contributed by atoms with Crippen molar-refractivity contribution in [2.75, 3.05) is 12.8 Å². The Bertz CT molecular complexity index is 521. The molecule has 0 aliphatic heterocycles. The molecule has 3 heteroatoms. The van der Waals surface area contributed by atoms with Crippen molar-refractivity contribution in [3.05, 3.63) is 30.0 Å². The van der Waals surface area contributed by atoms with Crippen LogP contribution in [0.4, 0.5) is 5.69 Å². The first-order valence-electron chi connectivity index (χ1n) is 5.36. The van der Waals surface area contributed by atoms with Gasteiger partial charge in [-0.1, -0.05) is 13.8 Å². The molecule has 2 N–H and O–H groups in total. The normalized spacial score (nSPS) is 11.0. The summed E-state index contributed by atoms with van der Waals surface area (Å²) in [6.07, 6.45) is 0. The summed E-state index contributed by atoms with van der Waals surface area (Å²) in [5.41, 5.74) is 8.68. The number of pyridine rings is 1. The largest absolute Gasteiger partial charge is 0.497 e. The second-order valence-corrected chi connectivity index (χ2v) is 4.17. The van der Waals surface area contributed by atoms with Gasteiger partial charge in [0.25, 0.3) is 0 Å². The highest BCUT2D eigenvalue weighted by Gasteiger charge is 2.07. The van der Waals surface area contributed by atoms with Crippen LogP contribution in [-0.2, 0) is 0 Å². The average molecular weight is 216 g/mol. The number of ether oxygens (including phenoxy) is 1. The Morgan fingerprint density at radius 1 is 1.25 bits per heavy atom. The van der Waals surface area contributed by atoms with E-state index in [9.17, 15) is 0 Å². The Labute approximate surface area is 95.2 Å². The second kappa shape index (κ2) is 4.00. The molecule has 2 rings (SSSR count). The summed E-state index contributed by atoms with van der Waals surface area (Å²) in [6, 6.07) is 7.70. The van der Waals surface area contributed by atoms with E-state index in [1.54, 1.807) is 7.11 Å². The highest BCUT2D eigenvalue weighted by molar-refractivity contribution is 5.91. The van der Waals surface area contributed by atoms with Gasteiger partial charge in [-0.2, -0.15) is 0 Å². The van der Waals surface area contributed by atoms with Gasteiger partial charge in [0.15, 0.2) is 0 Å². The van der Waals surface area contributed by atoms with Gasteiger partial charge in [-0.05, 0) is 24.1 Å². The SMILES string of the molecule is COc1ccc2c(N)cc(C(C)C)nc2c1. The number of anilines is 1. The van der Waals surface area contributed by atoms with E-state index in [4.69, 9.17) is 10.5 Å². The summed E-state index contributed by atoms with van der Waals surface area (Å²) in [4.78, 5) is 4.58. The van der Waals surface area contributed by atoms with Gasteiger partial charge in [-0.3, -0.25) is 4.98 Å². The number of fused-ring (bicyclic) bond motifs is 1. The third kappa shape index (κ3) is 1.81. The summed E-state index contributed by atoms with van der Waals surface area (Å²) in [6.45, 7) is 4.21. The van der Waals surface area contributed by atoms with Crippen LogP contribution in [-0.4, -0.2) is 12.1 Å². The minimum absolute atomic E-state index is 0.373. The first-order chi connectivity index (χ1) is 7.61. The number of benzene rings is 1. The van der Waals surface area contributed by atoms with Crippen molar-refractivity contribution in [3.63, 3.8) is 0 Å². The molecular weight excluding hydrogens is 200 g/mol. The van der Waals surface area contributed by atoms with Gasteiger partial charge in [-0.25, -0.2) is 0 Å². The van der Waals surface area contributed by atoms with E-state index < -0.39 is 0 Å². The molecule has 0 aliphatic carbocycles. The summed E-state index contributed by atoms with van der Waals surface area (Å²) in [5.74, 6) is 1.18. The maximum atomic E-state index is 6.01. The van der Waals surface area contributed by atoms with Gasteiger partial charge in [-0.15, -0.1) is 0 Å². The monoisotopic (exact) mass is 216 g/mol. The van der Waals surface area contributed by atoms with E-state index in [0.717, 1.165) is 28.0 Å². The minimum atomic E-state index is 0.373. The van der Waals surface area contributed by atoms with Crippen molar-refractivity contribution in [2.45, 2.75) is 19.8 Å². The predicted octanol–water partition coefficient (Wildman–Crippen LogP) is 2.95. The van der Waals surface area contributed by atoms with Crippen LogP contribution in [0.2, 0.25) is 0 Å². The Balaban J connectivity index is 2.68. The van der Waals surface area contributed by atoms with E-state index in [1.807, 2.05) is 24.3 Å². The number of nitrogen functional groups attached to an aromatic ring is 1. The van der Waals surface area contributed by atoms with Gasteiger partial charge >= 0.3 is 0 Å². The minimum Gasteiger partial charge on any atom is -0.497 e. The van der Waals surface area contributed by atoms with Crippen LogP contribution in [0.15, 0.2) is 24.3 Å². The first kappa shape index (κ1) is 10.7. The molecule has 1 aromatic heterocycles.